The molecule has 17 nitrogen and oxygen atoms in total. The summed E-state index contributed by atoms with van der Waals surface area (Å²) < 4.78 is 82.4. The van der Waals surface area contributed by atoms with Gasteiger partial charge in [-0.3, -0.25) is 27.5 Å². The van der Waals surface area contributed by atoms with Crippen molar-refractivity contribution in [1.82, 2.24) is 35.2 Å². The fourth-order valence-corrected chi connectivity index (χ4v) is 34.2. The summed E-state index contributed by atoms with van der Waals surface area (Å²) in [6.07, 6.45) is 29.7. The van der Waals surface area contributed by atoms with E-state index in [1.165, 1.54) is 155 Å². The number of carboxylic acids is 2. The summed E-state index contributed by atoms with van der Waals surface area (Å²) >= 11 is 1.20. The Hall–Kier alpha value is -5.04. The van der Waals surface area contributed by atoms with Crippen molar-refractivity contribution in [2.45, 2.75) is 254 Å². The largest absolute Gasteiger partial charge is 0.481 e. The molecule has 120 heavy (non-hydrogen) atoms. The maximum Gasteiger partial charge on any atom is 0.433 e. The molecule has 16 rings (SSSR count). The van der Waals surface area contributed by atoms with Crippen molar-refractivity contribution >= 4 is 60.5 Å². The summed E-state index contributed by atoms with van der Waals surface area (Å²) in [5.74, 6) is 14.9. The quantitative estimate of drug-likeness (QED) is 0.0490. The second-order valence-corrected chi connectivity index (χ2v) is 50.1. The van der Waals surface area contributed by atoms with Crippen LogP contribution in [0.15, 0.2) is 82.3 Å². The number of carbonyl (C=O) groups is 3. The molecule has 2 aromatic heterocycles. The lowest BCUT2D eigenvalue weighted by Crippen LogP contribution is -2.68. The lowest BCUT2D eigenvalue weighted by atomic mass is 9.33. The maximum atomic E-state index is 13.4. The minimum atomic E-state index is -4.58. The van der Waals surface area contributed by atoms with Gasteiger partial charge in [0.05, 0.1) is 5.38 Å². The molecular formula is C97H144F3N7O10S3. The van der Waals surface area contributed by atoms with Gasteiger partial charge in [0, 0.05) is 99.6 Å². The number of hydrogen-bond donors (Lipinski definition) is 4. The van der Waals surface area contributed by atoms with Crippen molar-refractivity contribution in [3.63, 3.8) is 0 Å². The van der Waals surface area contributed by atoms with Crippen LogP contribution >= 0.6 is 11.3 Å². The molecule has 23 heteroatoms. The zero-order chi connectivity index (χ0) is 86.4. The smallest absolute Gasteiger partial charge is 0.433 e. The second kappa shape index (κ2) is 32.1. The number of aryl methyl sites for hydroxylation is 1. The zero-order valence-electron chi connectivity index (χ0n) is 74.8. The molecule has 14 aliphatic rings. The molecule has 8 saturated carbocycles. The van der Waals surface area contributed by atoms with Crippen LogP contribution in [0.5, 0.6) is 17.0 Å². The molecular weight excluding hydrogens is 1580 g/mol. The van der Waals surface area contributed by atoms with Crippen LogP contribution < -0.4 is 24.8 Å². The Labute approximate surface area is 720 Å². The number of hydrogen-bond acceptors (Lipinski definition) is 15. The van der Waals surface area contributed by atoms with E-state index >= 15 is 0 Å². The molecule has 666 valence electrons. The Morgan fingerprint density at radius 3 is 1.39 bits per heavy atom. The first-order valence-electron chi connectivity index (χ1n) is 45.9. The number of aliphatic carboxylic acids is 2. The fraction of sp³-hybridized carbons (Fsp3) is 0.763. The van der Waals surface area contributed by atoms with Gasteiger partial charge in [0.1, 0.15) is 29.7 Å². The average molecular weight is 1720 g/mol. The van der Waals surface area contributed by atoms with Crippen LogP contribution in [0.1, 0.15) is 243 Å². The van der Waals surface area contributed by atoms with Gasteiger partial charge in [0.2, 0.25) is 11.8 Å². The Morgan fingerprint density at radius 2 is 1.01 bits per heavy atom. The second-order valence-electron chi connectivity index (χ2n) is 43.8. The highest BCUT2D eigenvalue weighted by molar-refractivity contribution is 8.00. The van der Waals surface area contributed by atoms with Crippen LogP contribution in [-0.2, 0) is 46.7 Å². The van der Waals surface area contributed by atoms with E-state index in [1.54, 1.807) is 5.38 Å². The average Bonchev–Trinajstić information content (AvgIpc) is 1.18. The first kappa shape index (κ1) is 89.8. The van der Waals surface area contributed by atoms with Crippen LogP contribution in [0, 0.1) is 113 Å². The highest BCUT2D eigenvalue weighted by Crippen LogP contribution is 2.79. The lowest BCUT2D eigenvalue weighted by Gasteiger charge is -2.72. The molecule has 2 aromatic rings. The normalized spacial score (nSPS) is 41.0. The van der Waals surface area contributed by atoms with E-state index in [9.17, 15) is 46.2 Å². The predicted molar refractivity (Wildman–Crippen MR) is 476 cm³/mol. The molecule has 0 spiro atoms. The van der Waals surface area contributed by atoms with Gasteiger partial charge in [-0.15, -0.1) is 5.10 Å². The van der Waals surface area contributed by atoms with Crippen LogP contribution in [0.4, 0.5) is 13.2 Å². The number of rotatable bonds is 22. The minimum Gasteiger partial charge on any atom is -0.481 e. The molecule has 4 heterocycles. The number of halogens is 3. The van der Waals surface area contributed by atoms with Gasteiger partial charge in [-0.05, 0) is 324 Å². The van der Waals surface area contributed by atoms with Crippen molar-refractivity contribution in [3.8, 4) is 17.0 Å². The van der Waals surface area contributed by atoms with E-state index in [2.05, 4.69) is 163 Å². The molecule has 20 atom stereocenters. The number of nitrogens with one attached hydrogen (secondary N) is 2. The molecule has 0 amide bonds. The zero-order valence-corrected chi connectivity index (χ0v) is 77.2. The van der Waals surface area contributed by atoms with Crippen molar-refractivity contribution < 1.29 is 60.4 Å². The number of carbonyl (C=O) groups excluding carboxylic acids is 1. The van der Waals surface area contributed by atoms with Crippen LogP contribution in [0.25, 0.3) is 0 Å². The number of nitrogens with zero attached hydrogens (tertiary/aromatic N) is 5. The summed E-state index contributed by atoms with van der Waals surface area (Å²) in [7, 11) is -2.58. The standard InChI is InChI=1S/C49H73F3N4O4S.C48H71N3O6S2/c1-32(2)34-14-21-48(53-24-25-56-26-28-61(9,59)29-27-56)23-22-45(6)36(41(34)48)10-11-38-44(5)17-15-35(43(3,4)37(44)16-18-46(38,45)7)33-12-19-47(20-13-33,42(57)58)31-60-40-30-39(49(50,51)52)55(8)54-40;1-32(2)34-13-20-48(49-23-24-51-25-27-59(8,55)28-26-51)22-21-45(6)36(40(34)48)9-10-38-44(5)16-14-35(43(3,4)37(44)15-17-46(38,45)7)33-11-18-47(19-12-33,41(53)54)30-56-42-50-39(29-58-42)57-31-52/h12,15,30,34,36-38,41,53H,1,9-11,13-14,16-29,31H2,2-8H3,(H,57,58);11,14,29,31,34,36-38,40,49H,1,8-10,12-13,15-28,30H2,2-7H3,(H,53,54)/t34-,36+,37-,38+,41+,44-,45+,46+,47?,48-;34-,36+,37-,38+,40+,44-,45+,46+,47?,48-/m00/s1. The molecule has 0 aromatic carbocycles. The third-order valence-electron chi connectivity index (χ3n) is 37.8. The summed E-state index contributed by atoms with van der Waals surface area (Å²) in [5, 5.41) is 35.2. The van der Waals surface area contributed by atoms with Crippen LogP contribution in [0.2, 0.25) is 0 Å². The van der Waals surface area contributed by atoms with E-state index in [1.807, 2.05) is 0 Å². The Bertz CT molecular complexity index is 4650. The van der Waals surface area contributed by atoms with Crippen molar-refractivity contribution in [2.75, 3.05) is 88.6 Å². The Kier molecular flexibility index (Phi) is 24.0. The van der Waals surface area contributed by atoms with Gasteiger partial charge in [-0.2, -0.15) is 18.2 Å². The lowest BCUT2D eigenvalue weighted by molar-refractivity contribution is -0.221. The van der Waals surface area contributed by atoms with Crippen molar-refractivity contribution in [2.24, 2.45) is 120 Å². The molecule has 12 aliphatic carbocycles. The van der Waals surface area contributed by atoms with Crippen LogP contribution in [-0.4, -0.2) is 173 Å². The molecule has 0 radical (unpaired) electrons. The van der Waals surface area contributed by atoms with E-state index < -0.39 is 53.7 Å². The third-order valence-corrected chi connectivity index (χ3v) is 42.2. The van der Waals surface area contributed by atoms with Crippen molar-refractivity contribution in [1.29, 1.82) is 0 Å². The Balaban J connectivity index is 0.000000187. The number of aromatic nitrogens is 3. The van der Waals surface area contributed by atoms with Gasteiger partial charge in [-0.25, -0.2) is 0 Å². The molecule has 2 aliphatic heterocycles. The summed E-state index contributed by atoms with van der Waals surface area (Å²) in [5.41, 5.74) is 6.36. The number of allylic oxidation sites excluding steroid dienone is 10. The maximum absolute atomic E-state index is 13.4. The first-order chi connectivity index (χ1) is 56.2. The number of ether oxygens (including phenoxy) is 3. The molecule has 0 bridgehead atoms. The van der Waals surface area contributed by atoms with E-state index in [4.69, 9.17) is 14.2 Å². The van der Waals surface area contributed by atoms with Crippen LogP contribution in [0.3, 0.4) is 0 Å². The van der Waals surface area contributed by atoms with Gasteiger partial charge in [0.25, 0.3) is 11.7 Å². The highest BCUT2D eigenvalue weighted by Gasteiger charge is 2.73. The first-order valence-corrected chi connectivity index (χ1v) is 50.9. The summed E-state index contributed by atoms with van der Waals surface area (Å²) in [6, 6.07) is 0.838. The van der Waals surface area contributed by atoms with Gasteiger partial charge < -0.3 is 44.9 Å². The van der Waals surface area contributed by atoms with Gasteiger partial charge >= 0.3 is 18.1 Å². The fourth-order valence-electron chi connectivity index (χ4n) is 30.9. The monoisotopic (exact) mass is 1720 g/mol. The molecule has 10 fully saturated rings. The number of thiazole rings is 1. The molecule has 2 unspecified atom stereocenters. The summed E-state index contributed by atoms with van der Waals surface area (Å²) in [6.45, 7) is 47.4. The van der Waals surface area contributed by atoms with Crippen molar-refractivity contribution in [3.05, 3.63) is 88.0 Å². The number of carboxylic acid groups (broad SMARTS) is 2. The van der Waals surface area contributed by atoms with Gasteiger partial charge in [-0.1, -0.05) is 129 Å². The predicted octanol–water partition coefficient (Wildman–Crippen LogP) is 18.4. The number of fused-ring (bicyclic) bond motifs is 14. The van der Waals surface area contributed by atoms with E-state index in [0.717, 1.165) is 87.5 Å². The SMILES string of the molecule is C=C(C)[C@@H]1CC[C@]2(NCCN3CCS(=C)(=O)CC3)CC[C@]3(C)[C@H](CC[C@@H]4[C@@]5(C)CC=C(C6=CCC(COc7cc(C(F)(F)F)n(C)n7)(C(=O)O)CC6)C(C)(C)[C@@H]5CC[C@]43C)[C@@H]12.C=C(C)[C@@H]1CC[C@]2(NCCN3CCS(=C)(=O)CC3)CC[C@]3(C)[C@H](CC[C@@H]4[C@@]5(C)CC=C(C6=CCC(COc7nc(OC=O)cs7)(C(=O)O)CC6)C(C)(C)[C@@H]5CC[C@]43C)[C@@H]12. The van der Waals surface area contributed by atoms with E-state index in [0.29, 0.717) is 114 Å². The third kappa shape index (κ3) is 15.2. The Morgan fingerprint density at radius 1 is 0.575 bits per heavy atom. The highest BCUT2D eigenvalue weighted by atomic mass is 32.2. The minimum absolute atomic E-state index is 0.0197. The topological polar surface area (TPSA) is 215 Å². The molecule has 2 saturated heterocycles. The summed E-state index contributed by atoms with van der Waals surface area (Å²) in [4.78, 5) is 45.4. The number of alkyl halides is 3. The van der Waals surface area contributed by atoms with Gasteiger partial charge in [0.15, 0.2) is 0 Å². The van der Waals surface area contributed by atoms with E-state index in [-0.39, 0.29) is 85.8 Å². The molecule has 4 N–H and O–H groups in total.